The van der Waals surface area contributed by atoms with Crippen molar-refractivity contribution in [2.24, 2.45) is 0 Å². The molecule has 1 unspecified atom stereocenters. The Balaban J connectivity index is 1.55. The number of rotatable bonds is 6. The normalized spacial score (nSPS) is 16.8. The smallest absolute Gasteiger partial charge is 0.127 e. The molecule has 1 aliphatic heterocycles. The number of aromatic nitrogens is 2. The standard InChI is InChI=1S/C24H31N3O/c1-19-11-13-21(14-12-19)28-18-17-27-23-10-6-5-9-22(23)25-24(27)20(2)26-15-7-3-4-8-16-26/h5-6,9-14,20H,3-4,7-8,15-18H2,1-2H3. The fraction of sp³-hybridized carbons (Fsp3) is 0.458. The van der Waals surface area contributed by atoms with E-state index in [1.54, 1.807) is 0 Å². The first-order valence-electron chi connectivity index (χ1n) is 10.6. The second-order valence-corrected chi connectivity index (χ2v) is 7.90. The van der Waals surface area contributed by atoms with Crippen molar-refractivity contribution >= 4 is 11.0 Å². The van der Waals surface area contributed by atoms with Gasteiger partial charge >= 0.3 is 0 Å². The Morgan fingerprint density at radius 2 is 1.68 bits per heavy atom. The Hall–Kier alpha value is -2.33. The van der Waals surface area contributed by atoms with Crippen LogP contribution in [-0.4, -0.2) is 34.1 Å². The van der Waals surface area contributed by atoms with Crippen molar-refractivity contribution in [1.82, 2.24) is 14.5 Å². The first-order chi connectivity index (χ1) is 13.7. The number of nitrogens with zero attached hydrogens (tertiary/aromatic N) is 3. The summed E-state index contributed by atoms with van der Waals surface area (Å²) in [6, 6.07) is 17.1. The van der Waals surface area contributed by atoms with Gasteiger partial charge in [-0.2, -0.15) is 0 Å². The molecule has 3 aromatic rings. The lowest BCUT2D eigenvalue weighted by Gasteiger charge is -2.27. The van der Waals surface area contributed by atoms with Gasteiger partial charge in [-0.05, 0) is 64.0 Å². The zero-order chi connectivity index (χ0) is 19.3. The van der Waals surface area contributed by atoms with Crippen LogP contribution in [-0.2, 0) is 6.54 Å². The Morgan fingerprint density at radius 3 is 2.43 bits per heavy atom. The molecule has 0 spiro atoms. The molecule has 2 heterocycles. The maximum absolute atomic E-state index is 6.02. The fourth-order valence-corrected chi connectivity index (χ4v) is 4.18. The van der Waals surface area contributed by atoms with Crippen LogP contribution in [0.5, 0.6) is 5.75 Å². The van der Waals surface area contributed by atoms with E-state index in [1.165, 1.54) is 49.9 Å². The van der Waals surface area contributed by atoms with Crippen molar-refractivity contribution in [2.75, 3.05) is 19.7 Å². The second-order valence-electron chi connectivity index (χ2n) is 7.90. The molecule has 2 aromatic carbocycles. The summed E-state index contributed by atoms with van der Waals surface area (Å²) in [7, 11) is 0. The summed E-state index contributed by atoms with van der Waals surface area (Å²) >= 11 is 0. The number of fused-ring (bicyclic) bond motifs is 1. The quantitative estimate of drug-likeness (QED) is 0.579. The van der Waals surface area contributed by atoms with Gasteiger partial charge in [0, 0.05) is 0 Å². The van der Waals surface area contributed by atoms with Crippen LogP contribution in [0.2, 0.25) is 0 Å². The molecule has 0 radical (unpaired) electrons. The van der Waals surface area contributed by atoms with E-state index in [0.29, 0.717) is 12.6 Å². The molecule has 0 aliphatic carbocycles. The molecule has 4 nitrogen and oxygen atoms in total. The van der Waals surface area contributed by atoms with E-state index in [9.17, 15) is 0 Å². The molecule has 1 fully saturated rings. The highest BCUT2D eigenvalue weighted by molar-refractivity contribution is 5.76. The van der Waals surface area contributed by atoms with Gasteiger partial charge in [-0.25, -0.2) is 4.98 Å². The topological polar surface area (TPSA) is 30.3 Å². The largest absolute Gasteiger partial charge is 0.492 e. The van der Waals surface area contributed by atoms with E-state index in [1.807, 2.05) is 12.1 Å². The van der Waals surface area contributed by atoms with Crippen LogP contribution in [0.4, 0.5) is 0 Å². The number of likely N-dealkylation sites (tertiary alicyclic amines) is 1. The van der Waals surface area contributed by atoms with Gasteiger partial charge in [0.15, 0.2) is 0 Å². The lowest BCUT2D eigenvalue weighted by Crippen LogP contribution is -2.30. The molecule has 4 rings (SSSR count). The molecule has 148 valence electrons. The number of benzene rings is 2. The molecular formula is C24H31N3O. The monoisotopic (exact) mass is 377 g/mol. The summed E-state index contributed by atoms with van der Waals surface area (Å²) in [5.41, 5.74) is 3.53. The maximum Gasteiger partial charge on any atom is 0.127 e. The van der Waals surface area contributed by atoms with Crippen LogP contribution in [0.1, 0.15) is 50.0 Å². The Morgan fingerprint density at radius 1 is 0.964 bits per heavy atom. The first-order valence-corrected chi connectivity index (χ1v) is 10.6. The second kappa shape index (κ2) is 8.78. The lowest BCUT2D eigenvalue weighted by atomic mass is 10.2. The van der Waals surface area contributed by atoms with E-state index in [-0.39, 0.29) is 0 Å². The van der Waals surface area contributed by atoms with Crippen molar-refractivity contribution in [3.63, 3.8) is 0 Å². The van der Waals surface area contributed by atoms with Crippen LogP contribution < -0.4 is 4.74 Å². The number of aryl methyl sites for hydroxylation is 1. The van der Waals surface area contributed by atoms with Gasteiger partial charge in [0.1, 0.15) is 18.2 Å². The van der Waals surface area contributed by atoms with Gasteiger partial charge in [-0.3, -0.25) is 4.90 Å². The van der Waals surface area contributed by atoms with Crippen LogP contribution in [0.25, 0.3) is 11.0 Å². The highest BCUT2D eigenvalue weighted by Crippen LogP contribution is 2.27. The molecule has 4 heteroatoms. The molecule has 1 atom stereocenters. The highest BCUT2D eigenvalue weighted by Gasteiger charge is 2.23. The Labute approximate surface area is 168 Å². The Kier molecular flexibility index (Phi) is 5.96. The summed E-state index contributed by atoms with van der Waals surface area (Å²) in [5.74, 6) is 2.09. The number of imidazole rings is 1. The molecular weight excluding hydrogens is 346 g/mol. The van der Waals surface area contributed by atoms with Crippen molar-refractivity contribution < 1.29 is 4.74 Å². The zero-order valence-corrected chi connectivity index (χ0v) is 17.1. The van der Waals surface area contributed by atoms with Crippen LogP contribution in [0.15, 0.2) is 48.5 Å². The summed E-state index contributed by atoms with van der Waals surface area (Å²) in [6.07, 6.45) is 5.29. The lowest BCUT2D eigenvalue weighted by molar-refractivity contribution is 0.204. The predicted molar refractivity (Wildman–Crippen MR) is 115 cm³/mol. The van der Waals surface area contributed by atoms with E-state index < -0.39 is 0 Å². The van der Waals surface area contributed by atoms with Crippen LogP contribution >= 0.6 is 0 Å². The summed E-state index contributed by atoms with van der Waals surface area (Å²) in [4.78, 5) is 7.62. The maximum atomic E-state index is 6.02. The summed E-state index contributed by atoms with van der Waals surface area (Å²) in [6.45, 7) is 8.20. The molecule has 0 bridgehead atoms. The van der Waals surface area contributed by atoms with E-state index >= 15 is 0 Å². The van der Waals surface area contributed by atoms with Crippen molar-refractivity contribution in [2.45, 2.75) is 52.1 Å². The minimum absolute atomic E-state index is 0.324. The zero-order valence-electron chi connectivity index (χ0n) is 17.1. The summed E-state index contributed by atoms with van der Waals surface area (Å²) < 4.78 is 8.38. The van der Waals surface area contributed by atoms with Gasteiger partial charge in [0.25, 0.3) is 0 Å². The van der Waals surface area contributed by atoms with E-state index in [4.69, 9.17) is 9.72 Å². The van der Waals surface area contributed by atoms with Gasteiger partial charge in [0.05, 0.1) is 23.6 Å². The number of hydrogen-bond donors (Lipinski definition) is 0. The number of ether oxygens (including phenoxy) is 1. The van der Waals surface area contributed by atoms with Gasteiger partial charge in [-0.15, -0.1) is 0 Å². The SMILES string of the molecule is Cc1ccc(OCCn2c(C(C)N3CCCCCC3)nc3ccccc32)cc1. The molecule has 1 aliphatic rings. The third-order valence-corrected chi connectivity index (χ3v) is 5.85. The highest BCUT2D eigenvalue weighted by atomic mass is 16.5. The van der Waals surface area contributed by atoms with Crippen LogP contribution in [0.3, 0.4) is 0 Å². The minimum atomic E-state index is 0.324. The van der Waals surface area contributed by atoms with Crippen molar-refractivity contribution in [1.29, 1.82) is 0 Å². The molecule has 0 saturated carbocycles. The van der Waals surface area contributed by atoms with E-state index in [2.05, 4.69) is 59.7 Å². The fourth-order valence-electron chi connectivity index (χ4n) is 4.18. The average Bonchev–Trinajstić information content (AvgIpc) is 2.89. The van der Waals surface area contributed by atoms with Crippen molar-refractivity contribution in [3.05, 3.63) is 59.9 Å². The minimum Gasteiger partial charge on any atom is -0.492 e. The molecule has 28 heavy (non-hydrogen) atoms. The third-order valence-electron chi connectivity index (χ3n) is 5.85. The van der Waals surface area contributed by atoms with Crippen LogP contribution in [0, 0.1) is 6.92 Å². The van der Waals surface area contributed by atoms with E-state index in [0.717, 1.165) is 23.6 Å². The van der Waals surface area contributed by atoms with Gasteiger partial charge < -0.3 is 9.30 Å². The predicted octanol–water partition coefficient (Wildman–Crippen LogP) is 5.36. The first kappa shape index (κ1) is 19.0. The number of hydrogen-bond acceptors (Lipinski definition) is 3. The van der Waals surface area contributed by atoms with Gasteiger partial charge in [0.2, 0.25) is 0 Å². The molecule has 0 N–H and O–H groups in total. The average molecular weight is 378 g/mol. The Bertz CT molecular complexity index is 892. The van der Waals surface area contributed by atoms with Gasteiger partial charge in [-0.1, -0.05) is 42.7 Å². The van der Waals surface area contributed by atoms with Crippen molar-refractivity contribution in [3.8, 4) is 5.75 Å². The molecule has 1 aromatic heterocycles. The molecule has 1 saturated heterocycles. The third kappa shape index (κ3) is 4.22. The number of para-hydroxylation sites is 2. The molecule has 0 amide bonds. The summed E-state index contributed by atoms with van der Waals surface area (Å²) in [5, 5.41) is 0.